The lowest BCUT2D eigenvalue weighted by atomic mass is 10.1. The number of amides is 1. The highest BCUT2D eigenvalue weighted by Crippen LogP contribution is 2.32. The third-order valence-corrected chi connectivity index (χ3v) is 4.01. The molecule has 2 aromatic heterocycles. The molecule has 0 aliphatic carbocycles. The Morgan fingerprint density at radius 2 is 1.75 bits per heavy atom. The summed E-state index contributed by atoms with van der Waals surface area (Å²) >= 11 is 0. The zero-order valence-electron chi connectivity index (χ0n) is 14.2. The number of hydrogen-bond donors (Lipinski definition) is 2. The van der Waals surface area contributed by atoms with E-state index in [4.69, 9.17) is 0 Å². The number of benzene rings is 2. The van der Waals surface area contributed by atoms with Crippen LogP contribution in [0.2, 0.25) is 0 Å². The highest BCUT2D eigenvalue weighted by Gasteiger charge is 2.30. The first-order chi connectivity index (χ1) is 13.4. The van der Waals surface area contributed by atoms with Crippen LogP contribution < -0.4 is 5.32 Å². The van der Waals surface area contributed by atoms with Crippen molar-refractivity contribution in [1.82, 2.24) is 19.9 Å². The Labute approximate surface area is 156 Å². The summed E-state index contributed by atoms with van der Waals surface area (Å²) in [6.07, 6.45) is -1.48. The predicted octanol–water partition coefficient (Wildman–Crippen LogP) is 4.29. The predicted molar refractivity (Wildman–Crippen MR) is 96.5 cm³/mol. The van der Waals surface area contributed by atoms with E-state index in [2.05, 4.69) is 25.3 Å². The van der Waals surface area contributed by atoms with Gasteiger partial charge in [-0.3, -0.25) is 10.1 Å². The normalized spacial score (nSPS) is 11.5. The number of carbonyl (C=O) groups excluding carboxylic acids is 1. The Balaban J connectivity index is 1.73. The zero-order valence-corrected chi connectivity index (χ0v) is 14.2. The lowest BCUT2D eigenvalue weighted by molar-refractivity contribution is -0.137. The van der Waals surface area contributed by atoms with Crippen molar-refractivity contribution in [2.24, 2.45) is 0 Å². The summed E-state index contributed by atoms with van der Waals surface area (Å²) in [7, 11) is 0. The van der Waals surface area contributed by atoms with Gasteiger partial charge in [0.05, 0.1) is 16.6 Å². The number of imidazole rings is 1. The second-order valence-corrected chi connectivity index (χ2v) is 5.89. The number of carbonyl (C=O) groups is 1. The van der Waals surface area contributed by atoms with Crippen LogP contribution in [0.15, 0.2) is 60.9 Å². The molecule has 1 amide bonds. The monoisotopic (exact) mass is 383 g/mol. The maximum absolute atomic E-state index is 13.0. The third kappa shape index (κ3) is 3.41. The molecule has 0 unspecified atom stereocenters. The number of anilines is 1. The number of fused-ring (bicyclic) bond motifs is 1. The summed E-state index contributed by atoms with van der Waals surface area (Å²) < 4.78 is 38.9. The van der Waals surface area contributed by atoms with Crippen LogP contribution in [-0.2, 0) is 6.18 Å². The molecular weight excluding hydrogens is 371 g/mol. The summed E-state index contributed by atoms with van der Waals surface area (Å²) in [5, 5.41) is 2.56. The number of hydrogen-bond acceptors (Lipinski definition) is 4. The summed E-state index contributed by atoms with van der Waals surface area (Å²) in [6.45, 7) is 0. The minimum Gasteiger partial charge on any atom is -0.338 e. The van der Waals surface area contributed by atoms with E-state index < -0.39 is 17.6 Å². The van der Waals surface area contributed by atoms with Crippen molar-refractivity contribution in [3.63, 3.8) is 0 Å². The third-order valence-electron chi connectivity index (χ3n) is 4.01. The van der Waals surface area contributed by atoms with Gasteiger partial charge in [-0.1, -0.05) is 18.2 Å². The number of nitrogens with one attached hydrogen (secondary N) is 2. The van der Waals surface area contributed by atoms with Gasteiger partial charge >= 0.3 is 6.18 Å². The van der Waals surface area contributed by atoms with Crippen molar-refractivity contribution in [3.05, 3.63) is 72.1 Å². The maximum Gasteiger partial charge on any atom is 0.416 e. The molecule has 2 heterocycles. The van der Waals surface area contributed by atoms with Crippen LogP contribution in [-0.4, -0.2) is 25.8 Å². The standard InChI is InChI=1S/C19H12F3N5O/c20-19(21,22)12-5-1-4-11(10-12)16-25-14-7-2-6-13(15(14)26-16)17(28)27-18-23-8-3-9-24-18/h1-10H,(H,25,26)(H,23,24,27,28). The van der Waals surface area contributed by atoms with E-state index in [9.17, 15) is 18.0 Å². The van der Waals surface area contributed by atoms with E-state index in [-0.39, 0.29) is 22.9 Å². The maximum atomic E-state index is 13.0. The first kappa shape index (κ1) is 17.7. The number of halogens is 3. The average Bonchev–Trinajstić information content (AvgIpc) is 3.12. The zero-order chi connectivity index (χ0) is 19.7. The van der Waals surface area contributed by atoms with Crippen molar-refractivity contribution in [2.45, 2.75) is 6.18 Å². The van der Waals surface area contributed by atoms with Crippen molar-refractivity contribution < 1.29 is 18.0 Å². The van der Waals surface area contributed by atoms with Gasteiger partial charge in [-0.15, -0.1) is 0 Å². The first-order valence-corrected chi connectivity index (χ1v) is 8.16. The second-order valence-electron chi connectivity index (χ2n) is 5.89. The molecule has 0 spiro atoms. The lowest BCUT2D eigenvalue weighted by Crippen LogP contribution is -2.14. The van der Waals surface area contributed by atoms with Crippen molar-refractivity contribution >= 4 is 22.9 Å². The minimum absolute atomic E-state index is 0.137. The fourth-order valence-corrected chi connectivity index (χ4v) is 2.73. The van der Waals surface area contributed by atoms with Gasteiger partial charge in [0.1, 0.15) is 11.3 Å². The molecule has 28 heavy (non-hydrogen) atoms. The Bertz CT molecular complexity index is 1160. The van der Waals surface area contributed by atoms with Crippen LogP contribution in [0.4, 0.5) is 19.1 Å². The van der Waals surface area contributed by atoms with Crippen LogP contribution in [0, 0.1) is 0 Å². The summed E-state index contributed by atoms with van der Waals surface area (Å²) in [4.78, 5) is 27.7. The quantitative estimate of drug-likeness (QED) is 0.553. The molecule has 0 saturated heterocycles. The van der Waals surface area contributed by atoms with Gasteiger partial charge in [-0.2, -0.15) is 13.2 Å². The molecule has 2 N–H and O–H groups in total. The number of para-hydroxylation sites is 1. The molecule has 140 valence electrons. The van der Waals surface area contributed by atoms with Gasteiger partial charge in [-0.05, 0) is 30.3 Å². The van der Waals surface area contributed by atoms with E-state index in [1.165, 1.54) is 24.5 Å². The van der Waals surface area contributed by atoms with Crippen molar-refractivity contribution in [2.75, 3.05) is 5.32 Å². The fraction of sp³-hybridized carbons (Fsp3) is 0.0526. The van der Waals surface area contributed by atoms with Gasteiger partial charge in [0.25, 0.3) is 5.91 Å². The highest BCUT2D eigenvalue weighted by atomic mass is 19.4. The molecule has 4 aromatic rings. The minimum atomic E-state index is -4.46. The average molecular weight is 383 g/mol. The Kier molecular flexibility index (Phi) is 4.26. The van der Waals surface area contributed by atoms with Gasteiger partial charge in [0.2, 0.25) is 5.95 Å². The summed E-state index contributed by atoms with van der Waals surface area (Å²) in [5.41, 5.74) is 0.602. The second kappa shape index (κ2) is 6.76. The molecule has 0 aliphatic rings. The van der Waals surface area contributed by atoms with Gasteiger partial charge in [-0.25, -0.2) is 15.0 Å². The van der Waals surface area contributed by atoms with Crippen LogP contribution in [0.5, 0.6) is 0 Å². The lowest BCUT2D eigenvalue weighted by Gasteiger charge is -2.07. The highest BCUT2D eigenvalue weighted by molar-refractivity contribution is 6.11. The van der Waals surface area contributed by atoms with Crippen molar-refractivity contribution in [3.8, 4) is 11.4 Å². The van der Waals surface area contributed by atoms with Crippen LogP contribution >= 0.6 is 0 Å². The number of alkyl halides is 3. The Morgan fingerprint density at radius 3 is 2.50 bits per heavy atom. The van der Waals surface area contributed by atoms with Gasteiger partial charge in [0.15, 0.2) is 0 Å². The number of aromatic amines is 1. The molecule has 0 fully saturated rings. The molecular formula is C19H12F3N5O. The number of nitrogens with zero attached hydrogens (tertiary/aromatic N) is 3. The molecule has 9 heteroatoms. The topological polar surface area (TPSA) is 83.6 Å². The molecule has 0 saturated carbocycles. The van der Waals surface area contributed by atoms with Crippen LogP contribution in [0.1, 0.15) is 15.9 Å². The van der Waals surface area contributed by atoms with E-state index >= 15 is 0 Å². The molecule has 2 aromatic carbocycles. The molecule has 0 aliphatic heterocycles. The first-order valence-electron chi connectivity index (χ1n) is 8.16. The number of H-pyrrole nitrogens is 1. The molecule has 6 nitrogen and oxygen atoms in total. The summed E-state index contributed by atoms with van der Waals surface area (Å²) in [6, 6.07) is 11.4. The van der Waals surface area contributed by atoms with E-state index in [0.29, 0.717) is 11.0 Å². The van der Waals surface area contributed by atoms with Crippen LogP contribution in [0.3, 0.4) is 0 Å². The molecule has 0 atom stereocenters. The SMILES string of the molecule is O=C(Nc1ncccn1)c1cccc2[nH]c(-c3cccc(C(F)(F)F)c3)nc12. The van der Waals surface area contributed by atoms with Gasteiger partial charge in [0, 0.05) is 18.0 Å². The fourth-order valence-electron chi connectivity index (χ4n) is 2.73. The van der Waals surface area contributed by atoms with E-state index in [0.717, 1.165) is 12.1 Å². The Hall–Kier alpha value is -3.75. The van der Waals surface area contributed by atoms with E-state index in [1.54, 1.807) is 24.3 Å². The molecule has 0 bridgehead atoms. The smallest absolute Gasteiger partial charge is 0.338 e. The largest absolute Gasteiger partial charge is 0.416 e. The van der Waals surface area contributed by atoms with E-state index in [1.807, 2.05) is 0 Å². The molecule has 4 rings (SSSR count). The molecule has 0 radical (unpaired) electrons. The summed E-state index contributed by atoms with van der Waals surface area (Å²) in [5.74, 6) is -0.102. The van der Waals surface area contributed by atoms with Gasteiger partial charge < -0.3 is 4.98 Å². The number of rotatable bonds is 3. The van der Waals surface area contributed by atoms with Crippen LogP contribution in [0.25, 0.3) is 22.4 Å². The Morgan fingerprint density at radius 1 is 1.00 bits per heavy atom. The van der Waals surface area contributed by atoms with Crippen molar-refractivity contribution in [1.29, 1.82) is 0 Å². The number of aromatic nitrogens is 4.